The molecule has 7 nitrogen and oxygen atoms in total. The number of nitro groups is 1. The molecule has 2 amide bonds. The smallest absolute Gasteiger partial charge is 0.314 e. The van der Waals surface area contributed by atoms with Crippen molar-refractivity contribution in [1.29, 1.82) is 0 Å². The minimum absolute atomic E-state index is 0.0565. The average Bonchev–Trinajstić information content (AvgIpc) is 2.57. The van der Waals surface area contributed by atoms with Crippen LogP contribution in [-0.2, 0) is 9.59 Å². The van der Waals surface area contributed by atoms with Crippen molar-refractivity contribution in [2.75, 3.05) is 10.6 Å². The third kappa shape index (κ3) is 4.37. The van der Waals surface area contributed by atoms with E-state index >= 15 is 0 Å². The van der Waals surface area contributed by atoms with Crippen LogP contribution in [0.3, 0.4) is 0 Å². The van der Waals surface area contributed by atoms with Gasteiger partial charge in [-0.15, -0.1) is 0 Å². The molecule has 8 heteroatoms. The van der Waals surface area contributed by atoms with Crippen LogP contribution in [0.1, 0.15) is 30.9 Å². The fourth-order valence-electron chi connectivity index (χ4n) is 2.43. The van der Waals surface area contributed by atoms with Gasteiger partial charge in [0.25, 0.3) is 5.69 Å². The normalized spacial score (nSPS) is 10.5. The molecule has 2 rings (SSSR count). The molecule has 0 saturated heterocycles. The number of hydrogen-bond acceptors (Lipinski definition) is 4. The van der Waals surface area contributed by atoms with Crippen molar-refractivity contribution in [3.8, 4) is 0 Å². The van der Waals surface area contributed by atoms with Crippen LogP contribution < -0.4 is 10.6 Å². The lowest BCUT2D eigenvalue weighted by Crippen LogP contribution is -2.29. The standard InChI is InChI=1S/C18H18ClN3O4/c1-10(2)13-6-4-5-11(3)16(13)21-18(24)17(23)20-12-7-8-14(19)15(9-12)22(25)26/h4-10H,1-3H3,(H,20,23)(H,21,24). The van der Waals surface area contributed by atoms with Crippen molar-refractivity contribution >= 4 is 40.5 Å². The van der Waals surface area contributed by atoms with Crippen LogP contribution in [0.4, 0.5) is 17.1 Å². The molecule has 0 radical (unpaired) electrons. The third-order valence-corrected chi connectivity index (χ3v) is 4.09. The van der Waals surface area contributed by atoms with E-state index in [-0.39, 0.29) is 22.3 Å². The summed E-state index contributed by atoms with van der Waals surface area (Å²) in [6.45, 7) is 5.80. The highest BCUT2D eigenvalue weighted by atomic mass is 35.5. The Morgan fingerprint density at radius 2 is 1.77 bits per heavy atom. The van der Waals surface area contributed by atoms with Gasteiger partial charge in [0, 0.05) is 17.4 Å². The Kier molecular flexibility index (Phi) is 5.94. The summed E-state index contributed by atoms with van der Waals surface area (Å²) in [6, 6.07) is 9.36. The Morgan fingerprint density at radius 1 is 1.12 bits per heavy atom. The van der Waals surface area contributed by atoms with Crippen LogP contribution in [0.5, 0.6) is 0 Å². The zero-order valence-electron chi connectivity index (χ0n) is 14.5. The zero-order valence-corrected chi connectivity index (χ0v) is 15.3. The lowest BCUT2D eigenvalue weighted by molar-refractivity contribution is -0.384. The first-order valence-electron chi connectivity index (χ1n) is 7.86. The van der Waals surface area contributed by atoms with Crippen molar-refractivity contribution in [3.63, 3.8) is 0 Å². The summed E-state index contributed by atoms with van der Waals surface area (Å²) in [5, 5.41) is 15.8. The minimum Gasteiger partial charge on any atom is -0.318 e. The average molecular weight is 376 g/mol. The van der Waals surface area contributed by atoms with Gasteiger partial charge in [-0.25, -0.2) is 0 Å². The molecule has 0 saturated carbocycles. The minimum atomic E-state index is -0.931. The molecule has 0 heterocycles. The maximum atomic E-state index is 12.2. The van der Waals surface area contributed by atoms with Crippen molar-refractivity contribution < 1.29 is 14.5 Å². The number of para-hydroxylation sites is 1. The van der Waals surface area contributed by atoms with E-state index in [9.17, 15) is 19.7 Å². The second kappa shape index (κ2) is 7.97. The first kappa shape index (κ1) is 19.4. The highest BCUT2D eigenvalue weighted by molar-refractivity contribution is 6.44. The molecule has 2 aromatic rings. The van der Waals surface area contributed by atoms with E-state index in [0.717, 1.165) is 17.2 Å². The summed E-state index contributed by atoms with van der Waals surface area (Å²) in [6.07, 6.45) is 0. The summed E-state index contributed by atoms with van der Waals surface area (Å²) in [5.41, 5.74) is 2.08. The van der Waals surface area contributed by atoms with E-state index in [1.807, 2.05) is 39.0 Å². The number of amides is 2. The fourth-order valence-corrected chi connectivity index (χ4v) is 2.62. The number of anilines is 2. The van der Waals surface area contributed by atoms with Gasteiger partial charge < -0.3 is 10.6 Å². The predicted molar refractivity (Wildman–Crippen MR) is 101 cm³/mol. The summed E-state index contributed by atoms with van der Waals surface area (Å²) in [5.74, 6) is -1.63. The molecular weight excluding hydrogens is 358 g/mol. The first-order chi connectivity index (χ1) is 12.2. The Bertz CT molecular complexity index is 881. The number of carbonyl (C=O) groups is 2. The molecule has 0 aliphatic carbocycles. The maximum absolute atomic E-state index is 12.2. The number of nitrogens with one attached hydrogen (secondary N) is 2. The molecule has 0 unspecified atom stereocenters. The van der Waals surface area contributed by atoms with Crippen LogP contribution in [0.2, 0.25) is 5.02 Å². The van der Waals surface area contributed by atoms with Gasteiger partial charge in [-0.1, -0.05) is 43.6 Å². The highest BCUT2D eigenvalue weighted by Crippen LogP contribution is 2.28. The fraction of sp³-hybridized carbons (Fsp3) is 0.222. The van der Waals surface area contributed by atoms with Crippen molar-refractivity contribution in [3.05, 3.63) is 62.7 Å². The molecule has 0 spiro atoms. The Labute approximate surface area is 155 Å². The van der Waals surface area contributed by atoms with Gasteiger partial charge in [0.1, 0.15) is 5.02 Å². The van der Waals surface area contributed by atoms with Crippen molar-refractivity contribution in [1.82, 2.24) is 0 Å². The largest absolute Gasteiger partial charge is 0.318 e. The summed E-state index contributed by atoms with van der Waals surface area (Å²) in [4.78, 5) is 34.6. The highest BCUT2D eigenvalue weighted by Gasteiger charge is 2.20. The number of aryl methyl sites for hydroxylation is 1. The van der Waals surface area contributed by atoms with Gasteiger partial charge in [0.2, 0.25) is 0 Å². The summed E-state index contributed by atoms with van der Waals surface area (Å²) in [7, 11) is 0. The number of nitro benzene ring substituents is 1. The topological polar surface area (TPSA) is 101 Å². The quantitative estimate of drug-likeness (QED) is 0.473. The Morgan fingerprint density at radius 3 is 2.38 bits per heavy atom. The van der Waals surface area contributed by atoms with Crippen LogP contribution in [0.25, 0.3) is 0 Å². The zero-order chi connectivity index (χ0) is 19.4. The lowest BCUT2D eigenvalue weighted by Gasteiger charge is -2.16. The molecule has 2 aromatic carbocycles. The molecule has 0 aromatic heterocycles. The molecule has 0 fully saturated rings. The van der Waals surface area contributed by atoms with Crippen LogP contribution in [0, 0.1) is 17.0 Å². The molecule has 0 atom stereocenters. The van der Waals surface area contributed by atoms with Gasteiger partial charge >= 0.3 is 11.8 Å². The SMILES string of the molecule is Cc1cccc(C(C)C)c1NC(=O)C(=O)Nc1ccc(Cl)c([N+](=O)[O-])c1. The molecule has 26 heavy (non-hydrogen) atoms. The number of carbonyl (C=O) groups excluding carboxylic acids is 2. The van der Waals surface area contributed by atoms with Crippen LogP contribution in [-0.4, -0.2) is 16.7 Å². The monoisotopic (exact) mass is 375 g/mol. The number of rotatable bonds is 4. The summed E-state index contributed by atoms with van der Waals surface area (Å²) < 4.78 is 0. The van der Waals surface area contributed by atoms with Gasteiger partial charge in [0.05, 0.1) is 4.92 Å². The van der Waals surface area contributed by atoms with Gasteiger partial charge in [0.15, 0.2) is 0 Å². The Balaban J connectivity index is 2.18. The van der Waals surface area contributed by atoms with Crippen molar-refractivity contribution in [2.45, 2.75) is 26.7 Å². The van der Waals surface area contributed by atoms with E-state index < -0.39 is 16.7 Å². The number of hydrogen-bond donors (Lipinski definition) is 2. The number of halogens is 1. The molecular formula is C18H18ClN3O4. The van der Waals surface area contributed by atoms with E-state index in [0.29, 0.717) is 5.69 Å². The molecule has 136 valence electrons. The summed E-state index contributed by atoms with van der Waals surface area (Å²) >= 11 is 5.73. The molecule has 2 N–H and O–H groups in total. The lowest BCUT2D eigenvalue weighted by atomic mass is 9.98. The number of benzene rings is 2. The molecule has 0 bridgehead atoms. The second-order valence-corrected chi connectivity index (χ2v) is 6.43. The molecule has 0 aliphatic rings. The first-order valence-corrected chi connectivity index (χ1v) is 8.24. The van der Waals surface area contributed by atoms with Crippen LogP contribution >= 0.6 is 11.6 Å². The van der Waals surface area contributed by atoms with E-state index in [1.165, 1.54) is 12.1 Å². The van der Waals surface area contributed by atoms with Gasteiger partial charge in [-0.05, 0) is 36.1 Å². The van der Waals surface area contributed by atoms with Crippen molar-refractivity contribution in [2.24, 2.45) is 0 Å². The predicted octanol–water partition coefficient (Wildman–Crippen LogP) is 4.26. The van der Waals surface area contributed by atoms with Gasteiger partial charge in [-0.2, -0.15) is 0 Å². The Hall–Kier alpha value is -2.93. The van der Waals surface area contributed by atoms with Gasteiger partial charge in [-0.3, -0.25) is 19.7 Å². The number of nitrogens with zero attached hydrogens (tertiary/aromatic N) is 1. The van der Waals surface area contributed by atoms with E-state index in [2.05, 4.69) is 10.6 Å². The second-order valence-electron chi connectivity index (χ2n) is 6.03. The van der Waals surface area contributed by atoms with E-state index in [4.69, 9.17) is 11.6 Å². The van der Waals surface area contributed by atoms with E-state index in [1.54, 1.807) is 0 Å². The molecule has 0 aliphatic heterocycles. The third-order valence-electron chi connectivity index (χ3n) is 3.77. The maximum Gasteiger partial charge on any atom is 0.314 e. The van der Waals surface area contributed by atoms with Crippen LogP contribution in [0.15, 0.2) is 36.4 Å².